The van der Waals surface area contributed by atoms with Gasteiger partial charge in [0.05, 0.1) is 13.2 Å². The van der Waals surface area contributed by atoms with Gasteiger partial charge in [0.25, 0.3) is 0 Å². The second-order valence-electron chi connectivity index (χ2n) is 6.39. The van der Waals surface area contributed by atoms with Crippen molar-refractivity contribution in [2.24, 2.45) is 0 Å². The molecule has 3 rings (SSSR count). The number of rotatable bonds is 8. The van der Waals surface area contributed by atoms with Crippen LogP contribution in [0.15, 0.2) is 36.4 Å². The number of hydrogen-bond acceptors (Lipinski definition) is 4. The minimum atomic E-state index is 0.506. The molecule has 0 heterocycles. The Morgan fingerprint density at radius 2 is 1.27 bits per heavy atom. The average molecular weight is 354 g/mol. The molecule has 0 radical (unpaired) electrons. The lowest BCUT2D eigenvalue weighted by atomic mass is 9.95. The first kappa shape index (κ1) is 18.5. The summed E-state index contributed by atoms with van der Waals surface area (Å²) in [4.78, 5) is 0. The van der Waals surface area contributed by atoms with Gasteiger partial charge in [-0.2, -0.15) is 0 Å². The molecule has 0 saturated carbocycles. The van der Waals surface area contributed by atoms with Crippen LogP contribution >= 0.6 is 0 Å². The Bertz CT molecular complexity index is 902. The Morgan fingerprint density at radius 1 is 0.692 bits per heavy atom. The number of benzene rings is 3. The highest BCUT2D eigenvalue weighted by atomic mass is 16.5. The maximum atomic E-state index is 6.17. The van der Waals surface area contributed by atoms with Crippen LogP contribution in [0.5, 0.6) is 11.5 Å². The monoisotopic (exact) mass is 354 g/mol. The summed E-state index contributed by atoms with van der Waals surface area (Å²) in [6.45, 7) is 6.33. The molecular weight excluding hydrogens is 328 g/mol. The lowest BCUT2D eigenvalue weighted by Gasteiger charge is -2.19. The molecule has 0 aliphatic heterocycles. The van der Waals surface area contributed by atoms with Gasteiger partial charge >= 0.3 is 0 Å². The van der Waals surface area contributed by atoms with E-state index in [1.165, 1.54) is 11.1 Å². The quantitative estimate of drug-likeness (QED) is 0.435. The van der Waals surface area contributed by atoms with E-state index in [1.807, 2.05) is 12.1 Å². The first-order valence-corrected chi connectivity index (χ1v) is 8.86. The third-order valence-electron chi connectivity index (χ3n) is 4.44. The molecule has 3 aromatic rings. The van der Waals surface area contributed by atoms with E-state index in [9.17, 15) is 0 Å². The van der Waals surface area contributed by atoms with Gasteiger partial charge in [-0.05, 0) is 25.5 Å². The van der Waals surface area contributed by atoms with Crippen molar-refractivity contribution in [1.29, 1.82) is 0 Å². The third kappa shape index (κ3) is 3.62. The number of methoxy groups -OCH3 is 2. The second-order valence-corrected chi connectivity index (χ2v) is 6.39. The van der Waals surface area contributed by atoms with Gasteiger partial charge in [-0.3, -0.25) is 0 Å². The van der Waals surface area contributed by atoms with E-state index in [0.717, 1.165) is 33.0 Å². The van der Waals surface area contributed by atoms with E-state index in [1.54, 1.807) is 14.2 Å². The summed E-state index contributed by atoms with van der Waals surface area (Å²) in [6, 6.07) is 12.6. The van der Waals surface area contributed by atoms with E-state index in [2.05, 4.69) is 38.1 Å². The van der Waals surface area contributed by atoms with Crippen LogP contribution in [-0.4, -0.2) is 40.6 Å². The van der Waals surface area contributed by atoms with Crippen molar-refractivity contribution in [2.45, 2.75) is 13.8 Å². The summed E-state index contributed by atoms with van der Waals surface area (Å²) >= 11 is 0. The fourth-order valence-electron chi connectivity index (χ4n) is 3.37. The summed E-state index contributed by atoms with van der Waals surface area (Å²) in [7, 11) is 3.36. The SMILES string of the molecule is COCCOc1c2ccccc2c(OCCOC)c2c(C)cc(C)cc12. The molecule has 0 spiro atoms. The predicted molar refractivity (Wildman–Crippen MR) is 106 cm³/mol. The summed E-state index contributed by atoms with van der Waals surface area (Å²) in [5.74, 6) is 1.78. The molecule has 26 heavy (non-hydrogen) atoms. The molecule has 0 fully saturated rings. The van der Waals surface area contributed by atoms with Crippen molar-refractivity contribution in [3.8, 4) is 11.5 Å². The van der Waals surface area contributed by atoms with E-state index in [4.69, 9.17) is 18.9 Å². The van der Waals surface area contributed by atoms with Crippen molar-refractivity contribution in [2.75, 3.05) is 40.6 Å². The first-order valence-electron chi connectivity index (χ1n) is 8.86. The molecule has 3 aromatic carbocycles. The molecule has 0 amide bonds. The molecule has 0 saturated heterocycles. The van der Waals surface area contributed by atoms with Gasteiger partial charge in [0.15, 0.2) is 0 Å². The zero-order valence-electron chi connectivity index (χ0n) is 15.9. The van der Waals surface area contributed by atoms with Gasteiger partial charge in [-0.1, -0.05) is 35.9 Å². The molecule has 0 aliphatic carbocycles. The number of aryl methyl sites for hydroxylation is 2. The summed E-state index contributed by atoms with van der Waals surface area (Å²) in [5, 5.41) is 4.27. The van der Waals surface area contributed by atoms with Crippen LogP contribution in [-0.2, 0) is 9.47 Å². The Morgan fingerprint density at radius 3 is 1.88 bits per heavy atom. The third-order valence-corrected chi connectivity index (χ3v) is 4.44. The minimum Gasteiger partial charge on any atom is -0.490 e. The zero-order valence-corrected chi connectivity index (χ0v) is 15.9. The Labute approximate surface area is 154 Å². The zero-order chi connectivity index (χ0) is 18.5. The van der Waals surface area contributed by atoms with Gasteiger partial charge in [-0.15, -0.1) is 0 Å². The van der Waals surface area contributed by atoms with Crippen LogP contribution < -0.4 is 9.47 Å². The van der Waals surface area contributed by atoms with Crippen molar-refractivity contribution >= 4 is 21.5 Å². The Hall–Kier alpha value is -2.30. The highest BCUT2D eigenvalue weighted by Crippen LogP contribution is 2.44. The van der Waals surface area contributed by atoms with Crippen molar-refractivity contribution < 1.29 is 18.9 Å². The number of ether oxygens (including phenoxy) is 4. The van der Waals surface area contributed by atoms with Gasteiger partial charge in [0.1, 0.15) is 24.7 Å². The molecule has 0 aliphatic rings. The molecular formula is C22H26O4. The van der Waals surface area contributed by atoms with Crippen LogP contribution in [0.4, 0.5) is 0 Å². The predicted octanol–water partition coefficient (Wildman–Crippen LogP) is 4.66. The van der Waals surface area contributed by atoms with E-state index < -0.39 is 0 Å². The lowest BCUT2D eigenvalue weighted by molar-refractivity contribution is 0.147. The molecule has 4 nitrogen and oxygen atoms in total. The summed E-state index contributed by atoms with van der Waals surface area (Å²) in [5.41, 5.74) is 2.37. The van der Waals surface area contributed by atoms with Crippen LogP contribution in [0.3, 0.4) is 0 Å². The molecule has 138 valence electrons. The smallest absolute Gasteiger partial charge is 0.135 e. The highest BCUT2D eigenvalue weighted by molar-refractivity contribution is 6.12. The maximum absolute atomic E-state index is 6.17. The Kier molecular flexibility index (Phi) is 5.96. The van der Waals surface area contributed by atoms with Gasteiger partial charge < -0.3 is 18.9 Å². The summed E-state index contributed by atoms with van der Waals surface area (Å²) < 4.78 is 22.7. The van der Waals surface area contributed by atoms with Gasteiger partial charge in [0, 0.05) is 35.8 Å². The molecule has 0 bridgehead atoms. The molecule has 0 N–H and O–H groups in total. The minimum absolute atomic E-state index is 0.506. The summed E-state index contributed by atoms with van der Waals surface area (Å²) in [6.07, 6.45) is 0. The molecule has 4 heteroatoms. The highest BCUT2D eigenvalue weighted by Gasteiger charge is 2.18. The maximum Gasteiger partial charge on any atom is 0.135 e. The fourth-order valence-corrected chi connectivity index (χ4v) is 3.37. The Balaban J connectivity index is 2.28. The van der Waals surface area contributed by atoms with E-state index >= 15 is 0 Å². The molecule has 0 unspecified atom stereocenters. The number of fused-ring (bicyclic) bond motifs is 2. The molecule has 0 atom stereocenters. The fraction of sp³-hybridized carbons (Fsp3) is 0.364. The van der Waals surface area contributed by atoms with Crippen LogP contribution in [0.1, 0.15) is 11.1 Å². The average Bonchev–Trinajstić information content (AvgIpc) is 2.63. The van der Waals surface area contributed by atoms with Crippen molar-refractivity contribution in [1.82, 2.24) is 0 Å². The van der Waals surface area contributed by atoms with Gasteiger partial charge in [0.2, 0.25) is 0 Å². The normalized spacial score (nSPS) is 11.2. The van der Waals surface area contributed by atoms with E-state index in [-0.39, 0.29) is 0 Å². The number of hydrogen-bond donors (Lipinski definition) is 0. The van der Waals surface area contributed by atoms with Crippen molar-refractivity contribution in [3.63, 3.8) is 0 Å². The molecule has 0 aromatic heterocycles. The van der Waals surface area contributed by atoms with Crippen LogP contribution in [0, 0.1) is 13.8 Å². The van der Waals surface area contributed by atoms with Crippen LogP contribution in [0.25, 0.3) is 21.5 Å². The lowest BCUT2D eigenvalue weighted by Crippen LogP contribution is -2.08. The second kappa shape index (κ2) is 8.39. The topological polar surface area (TPSA) is 36.9 Å². The largest absolute Gasteiger partial charge is 0.490 e. The van der Waals surface area contributed by atoms with Gasteiger partial charge in [-0.25, -0.2) is 0 Å². The van der Waals surface area contributed by atoms with Crippen LogP contribution in [0.2, 0.25) is 0 Å². The van der Waals surface area contributed by atoms with E-state index in [0.29, 0.717) is 26.4 Å². The first-order chi connectivity index (χ1) is 12.7. The van der Waals surface area contributed by atoms with Crippen molar-refractivity contribution in [3.05, 3.63) is 47.5 Å². The standard InChI is InChI=1S/C22H26O4/c1-15-13-16(2)20-19(14-15)21(25-11-9-23-3)17-7-5-6-8-18(17)22(20)26-12-10-24-4/h5-8,13-14H,9-12H2,1-4H3.